The second kappa shape index (κ2) is 10.5. The average Bonchev–Trinajstić information content (AvgIpc) is 3.17. The lowest BCUT2D eigenvalue weighted by Crippen LogP contribution is -2.38. The van der Waals surface area contributed by atoms with Crippen molar-refractivity contribution in [2.24, 2.45) is 0 Å². The zero-order chi connectivity index (χ0) is 22.4. The molecule has 0 saturated heterocycles. The van der Waals surface area contributed by atoms with Crippen molar-refractivity contribution >= 4 is 73.0 Å². The number of amides is 1. The van der Waals surface area contributed by atoms with Crippen LogP contribution in [0.15, 0.2) is 70.4 Å². The van der Waals surface area contributed by atoms with Gasteiger partial charge in [-0.2, -0.15) is 0 Å². The molecule has 0 radical (unpaired) electrons. The molecule has 1 heterocycles. The number of anilines is 2. The van der Waals surface area contributed by atoms with Crippen molar-refractivity contribution in [2.45, 2.75) is 9.24 Å². The maximum atomic E-state index is 13.3. The third-order valence-electron chi connectivity index (χ3n) is 3.73. The van der Waals surface area contributed by atoms with Crippen LogP contribution in [0.5, 0.6) is 0 Å². The Morgan fingerprint density at radius 1 is 1.16 bits per heavy atom. The maximum Gasteiger partial charge on any atom is 0.264 e. The van der Waals surface area contributed by atoms with E-state index in [1.54, 1.807) is 24.3 Å². The predicted molar refractivity (Wildman–Crippen MR) is 127 cm³/mol. The normalized spacial score (nSPS) is 11.2. The molecule has 0 fully saturated rings. The second-order valence-corrected chi connectivity index (χ2v) is 11.0. The zero-order valence-corrected chi connectivity index (χ0v) is 19.8. The van der Waals surface area contributed by atoms with Crippen molar-refractivity contribution in [3.05, 3.63) is 71.2 Å². The highest BCUT2D eigenvalue weighted by atomic mass is 35.5. The van der Waals surface area contributed by atoms with Crippen LogP contribution >= 0.6 is 46.3 Å². The fourth-order valence-electron chi connectivity index (χ4n) is 2.46. The molecule has 2 aromatic carbocycles. The molecule has 0 bridgehead atoms. The smallest absolute Gasteiger partial charge is 0.264 e. The monoisotopic (exact) mass is 514 g/mol. The summed E-state index contributed by atoms with van der Waals surface area (Å²) >= 11 is 14.7. The number of sulfonamides is 1. The van der Waals surface area contributed by atoms with Gasteiger partial charge in [-0.1, -0.05) is 70.6 Å². The zero-order valence-electron chi connectivity index (χ0n) is 15.9. The summed E-state index contributed by atoms with van der Waals surface area (Å²) in [5.74, 6) is 0.0633. The van der Waals surface area contributed by atoms with E-state index in [1.807, 2.05) is 0 Å². The van der Waals surface area contributed by atoms with Crippen LogP contribution in [0.3, 0.4) is 0 Å². The van der Waals surface area contributed by atoms with Crippen molar-refractivity contribution in [3.8, 4) is 0 Å². The highest BCUT2D eigenvalue weighted by Crippen LogP contribution is 2.30. The largest absolute Gasteiger partial charge is 0.299 e. The van der Waals surface area contributed by atoms with Crippen molar-refractivity contribution in [2.75, 3.05) is 21.9 Å². The Hall–Kier alpha value is -2.11. The molecular formula is C19H16Cl2N4O3S3. The van der Waals surface area contributed by atoms with Crippen molar-refractivity contribution in [3.63, 3.8) is 0 Å². The molecule has 162 valence electrons. The molecule has 0 aliphatic carbocycles. The van der Waals surface area contributed by atoms with Gasteiger partial charge in [0.15, 0.2) is 4.34 Å². The molecule has 31 heavy (non-hydrogen) atoms. The molecule has 0 spiro atoms. The SMILES string of the molecule is C=CCSc1nnc(NC(=O)CN(c2cc(Cl)cc(Cl)c2)S(=O)(=O)c2ccccc2)s1. The first-order valence-corrected chi connectivity index (χ1v) is 12.7. The maximum absolute atomic E-state index is 13.3. The summed E-state index contributed by atoms with van der Waals surface area (Å²) in [5.41, 5.74) is 0.163. The first-order chi connectivity index (χ1) is 14.8. The Morgan fingerprint density at radius 2 is 1.84 bits per heavy atom. The summed E-state index contributed by atoms with van der Waals surface area (Å²) in [6.45, 7) is 3.13. The van der Waals surface area contributed by atoms with Crippen LogP contribution < -0.4 is 9.62 Å². The molecule has 12 heteroatoms. The average molecular weight is 515 g/mol. The lowest BCUT2D eigenvalue weighted by molar-refractivity contribution is -0.114. The molecule has 1 aromatic heterocycles. The number of benzene rings is 2. The van der Waals surface area contributed by atoms with E-state index in [-0.39, 0.29) is 25.8 Å². The molecule has 7 nitrogen and oxygen atoms in total. The van der Waals surface area contributed by atoms with Crippen LogP contribution in [-0.4, -0.2) is 36.8 Å². The standard InChI is InChI=1S/C19H16Cl2N4O3S3/c1-2-8-29-19-24-23-18(30-19)22-17(26)12-25(15-10-13(20)9-14(21)11-15)31(27,28)16-6-4-3-5-7-16/h2-7,9-11H,1,8,12H2,(H,22,23,26). The second-order valence-electron chi connectivity index (χ2n) is 5.97. The number of hydrogen-bond donors (Lipinski definition) is 1. The summed E-state index contributed by atoms with van der Waals surface area (Å²) in [6, 6.07) is 12.1. The van der Waals surface area contributed by atoms with E-state index in [1.165, 1.54) is 53.4 Å². The van der Waals surface area contributed by atoms with E-state index in [9.17, 15) is 13.2 Å². The number of aromatic nitrogens is 2. The van der Waals surface area contributed by atoms with Crippen LogP contribution in [0.25, 0.3) is 0 Å². The van der Waals surface area contributed by atoms with Gasteiger partial charge < -0.3 is 0 Å². The summed E-state index contributed by atoms with van der Waals surface area (Å²) in [7, 11) is -4.07. The van der Waals surface area contributed by atoms with Crippen LogP contribution in [0.4, 0.5) is 10.8 Å². The number of carbonyl (C=O) groups is 1. The Kier molecular flexibility index (Phi) is 7.95. The lowest BCUT2D eigenvalue weighted by Gasteiger charge is -2.24. The fourth-order valence-corrected chi connectivity index (χ4v) is 5.93. The molecule has 0 unspecified atom stereocenters. The van der Waals surface area contributed by atoms with Gasteiger partial charge in [-0.25, -0.2) is 8.42 Å². The summed E-state index contributed by atoms with van der Waals surface area (Å²) in [5, 5.41) is 11.2. The minimum absolute atomic E-state index is 0.0259. The van der Waals surface area contributed by atoms with E-state index in [4.69, 9.17) is 23.2 Å². The first kappa shape index (κ1) is 23.6. The third kappa shape index (κ3) is 6.20. The summed E-state index contributed by atoms with van der Waals surface area (Å²) in [4.78, 5) is 12.7. The number of hydrogen-bond acceptors (Lipinski definition) is 7. The topological polar surface area (TPSA) is 92.3 Å². The van der Waals surface area contributed by atoms with Gasteiger partial charge >= 0.3 is 0 Å². The molecule has 3 rings (SSSR count). The highest BCUT2D eigenvalue weighted by molar-refractivity contribution is 8.01. The molecule has 3 aromatic rings. The van der Waals surface area contributed by atoms with Crippen molar-refractivity contribution < 1.29 is 13.2 Å². The molecule has 0 aliphatic rings. The molecule has 0 saturated carbocycles. The molecule has 0 atom stereocenters. The van der Waals surface area contributed by atoms with Gasteiger partial charge in [-0.3, -0.25) is 14.4 Å². The van der Waals surface area contributed by atoms with Crippen LogP contribution in [0.2, 0.25) is 10.0 Å². The predicted octanol–water partition coefficient (Wildman–Crippen LogP) is 4.96. The Bertz CT molecular complexity index is 1170. The van der Waals surface area contributed by atoms with E-state index < -0.39 is 22.5 Å². The van der Waals surface area contributed by atoms with Gasteiger partial charge in [0.05, 0.1) is 10.6 Å². The number of carbonyl (C=O) groups excluding carboxylic acids is 1. The first-order valence-electron chi connectivity index (χ1n) is 8.70. The Labute approximate surface area is 198 Å². The van der Waals surface area contributed by atoms with E-state index in [0.717, 1.165) is 4.31 Å². The Morgan fingerprint density at radius 3 is 2.48 bits per heavy atom. The number of nitrogens with one attached hydrogen (secondary N) is 1. The molecular weight excluding hydrogens is 499 g/mol. The van der Waals surface area contributed by atoms with Gasteiger partial charge in [0.1, 0.15) is 6.54 Å². The quantitative estimate of drug-likeness (QED) is 0.246. The minimum Gasteiger partial charge on any atom is -0.299 e. The number of thioether (sulfide) groups is 1. The van der Waals surface area contributed by atoms with E-state index in [2.05, 4.69) is 22.1 Å². The van der Waals surface area contributed by atoms with Crippen molar-refractivity contribution in [1.29, 1.82) is 0 Å². The third-order valence-corrected chi connectivity index (χ3v) is 7.92. The number of rotatable bonds is 9. The van der Waals surface area contributed by atoms with Crippen LogP contribution in [-0.2, 0) is 14.8 Å². The summed E-state index contributed by atoms with van der Waals surface area (Å²) in [6.07, 6.45) is 1.73. The highest BCUT2D eigenvalue weighted by Gasteiger charge is 2.28. The lowest BCUT2D eigenvalue weighted by atomic mass is 10.3. The van der Waals surface area contributed by atoms with Gasteiger partial charge in [0.25, 0.3) is 10.0 Å². The fraction of sp³-hybridized carbons (Fsp3) is 0.105. The van der Waals surface area contributed by atoms with Gasteiger partial charge in [-0.05, 0) is 30.3 Å². The van der Waals surface area contributed by atoms with Gasteiger partial charge in [0, 0.05) is 15.8 Å². The van der Waals surface area contributed by atoms with E-state index in [0.29, 0.717) is 10.1 Å². The van der Waals surface area contributed by atoms with Gasteiger partial charge in [-0.15, -0.1) is 16.8 Å². The van der Waals surface area contributed by atoms with E-state index >= 15 is 0 Å². The molecule has 1 amide bonds. The van der Waals surface area contributed by atoms with Crippen molar-refractivity contribution in [1.82, 2.24) is 10.2 Å². The molecule has 1 N–H and O–H groups in total. The van der Waals surface area contributed by atoms with Crippen LogP contribution in [0.1, 0.15) is 0 Å². The van der Waals surface area contributed by atoms with Crippen LogP contribution in [0, 0.1) is 0 Å². The minimum atomic E-state index is -4.07. The number of halogens is 2. The van der Waals surface area contributed by atoms with Gasteiger partial charge in [0.2, 0.25) is 11.0 Å². The number of nitrogens with zero attached hydrogens (tertiary/aromatic N) is 3. The Balaban J connectivity index is 1.89. The molecule has 0 aliphatic heterocycles. The summed E-state index contributed by atoms with van der Waals surface area (Å²) < 4.78 is 28.2.